The van der Waals surface area contributed by atoms with Gasteiger partial charge in [0.25, 0.3) is 0 Å². The van der Waals surface area contributed by atoms with Crippen molar-refractivity contribution in [3.05, 3.63) is 24.1 Å². The van der Waals surface area contributed by atoms with Crippen molar-refractivity contribution >= 4 is 0 Å². The lowest BCUT2D eigenvalue weighted by atomic mass is 9.97. The van der Waals surface area contributed by atoms with Crippen LogP contribution in [0.3, 0.4) is 0 Å². The molecule has 1 heterocycles. The summed E-state index contributed by atoms with van der Waals surface area (Å²) in [6, 6.07) is 5.52. The van der Waals surface area contributed by atoms with Gasteiger partial charge in [0.2, 0.25) is 11.7 Å². The number of methoxy groups -OCH3 is 2. The van der Waals surface area contributed by atoms with Crippen molar-refractivity contribution in [1.29, 1.82) is 0 Å². The molecule has 0 saturated carbocycles. The largest absolute Gasteiger partial charge is 0.493 e. The van der Waals surface area contributed by atoms with Crippen LogP contribution in [0.25, 0.3) is 11.4 Å². The Morgan fingerprint density at radius 3 is 2.26 bits per heavy atom. The van der Waals surface area contributed by atoms with Crippen molar-refractivity contribution in [2.75, 3.05) is 14.2 Å². The molecule has 5 nitrogen and oxygen atoms in total. The summed E-state index contributed by atoms with van der Waals surface area (Å²) in [7, 11) is 3.20. The van der Waals surface area contributed by atoms with Gasteiger partial charge in [-0.2, -0.15) is 4.98 Å². The molecule has 0 aliphatic heterocycles. The Morgan fingerprint density at radius 1 is 1.05 bits per heavy atom. The summed E-state index contributed by atoms with van der Waals surface area (Å²) in [5.41, 5.74) is 0.666. The monoisotopic (exact) mass is 262 g/mol. The first-order valence-electron chi connectivity index (χ1n) is 6.02. The first-order chi connectivity index (χ1) is 8.95. The number of rotatable bonds is 3. The van der Waals surface area contributed by atoms with Crippen LogP contribution in [0.1, 0.15) is 26.7 Å². The van der Waals surface area contributed by atoms with Gasteiger partial charge in [-0.3, -0.25) is 0 Å². The van der Waals surface area contributed by atoms with E-state index in [0.717, 1.165) is 5.56 Å². The predicted octanol–water partition coefficient (Wildman–Crippen LogP) is 3.05. The molecule has 19 heavy (non-hydrogen) atoms. The summed E-state index contributed by atoms with van der Waals surface area (Å²) in [5, 5.41) is 4.00. The molecule has 0 unspecified atom stereocenters. The van der Waals surface area contributed by atoms with Crippen LogP contribution in [0.5, 0.6) is 11.5 Å². The van der Waals surface area contributed by atoms with Crippen LogP contribution >= 0.6 is 0 Å². The normalized spacial score (nSPS) is 11.4. The van der Waals surface area contributed by atoms with Gasteiger partial charge in [-0.25, -0.2) is 0 Å². The van der Waals surface area contributed by atoms with Crippen LogP contribution in [0.4, 0.5) is 0 Å². The molecule has 2 aromatic rings. The number of aromatic nitrogens is 2. The number of benzene rings is 1. The Morgan fingerprint density at radius 2 is 1.74 bits per heavy atom. The molecule has 0 saturated heterocycles. The first-order valence-corrected chi connectivity index (χ1v) is 6.02. The van der Waals surface area contributed by atoms with E-state index >= 15 is 0 Å². The van der Waals surface area contributed by atoms with Crippen molar-refractivity contribution in [2.24, 2.45) is 0 Å². The quantitative estimate of drug-likeness (QED) is 0.850. The van der Waals surface area contributed by atoms with Crippen LogP contribution in [0.2, 0.25) is 0 Å². The van der Waals surface area contributed by atoms with Gasteiger partial charge < -0.3 is 14.0 Å². The molecular weight excluding hydrogens is 244 g/mol. The van der Waals surface area contributed by atoms with Gasteiger partial charge in [0.15, 0.2) is 11.5 Å². The van der Waals surface area contributed by atoms with Crippen molar-refractivity contribution in [2.45, 2.75) is 26.2 Å². The summed E-state index contributed by atoms with van der Waals surface area (Å²) in [5.74, 6) is 2.47. The maximum atomic E-state index is 5.28. The summed E-state index contributed by atoms with van der Waals surface area (Å²) in [6.07, 6.45) is 0. The number of ether oxygens (including phenoxy) is 2. The Kier molecular flexibility index (Phi) is 3.46. The minimum absolute atomic E-state index is 0.165. The maximum Gasteiger partial charge on any atom is 0.232 e. The topological polar surface area (TPSA) is 57.4 Å². The molecule has 102 valence electrons. The zero-order chi connectivity index (χ0) is 14.0. The molecule has 0 fully saturated rings. The number of nitrogens with zero attached hydrogens (tertiary/aromatic N) is 2. The van der Waals surface area contributed by atoms with Crippen LogP contribution in [0, 0.1) is 0 Å². The highest BCUT2D eigenvalue weighted by atomic mass is 16.5. The zero-order valence-corrected chi connectivity index (χ0v) is 11.9. The van der Waals surface area contributed by atoms with Crippen molar-refractivity contribution in [3.63, 3.8) is 0 Å². The highest BCUT2D eigenvalue weighted by Gasteiger charge is 2.22. The standard InChI is InChI=1S/C14H18N2O3/c1-14(2,3)13-15-12(16-19-13)9-6-7-10(17-4)11(8-9)18-5/h6-8H,1-5H3. The molecule has 5 heteroatoms. The molecule has 0 bridgehead atoms. The summed E-state index contributed by atoms with van der Waals surface area (Å²) >= 11 is 0. The fourth-order valence-corrected chi connectivity index (χ4v) is 1.62. The van der Waals surface area contributed by atoms with Gasteiger partial charge in [-0.1, -0.05) is 25.9 Å². The van der Waals surface area contributed by atoms with E-state index in [9.17, 15) is 0 Å². The van der Waals surface area contributed by atoms with E-state index in [0.29, 0.717) is 23.2 Å². The highest BCUT2D eigenvalue weighted by molar-refractivity contribution is 5.60. The smallest absolute Gasteiger partial charge is 0.232 e. The number of hydrogen-bond acceptors (Lipinski definition) is 5. The predicted molar refractivity (Wildman–Crippen MR) is 71.5 cm³/mol. The fraction of sp³-hybridized carbons (Fsp3) is 0.429. The molecule has 0 atom stereocenters. The van der Waals surface area contributed by atoms with E-state index in [1.54, 1.807) is 14.2 Å². The summed E-state index contributed by atoms with van der Waals surface area (Å²) < 4.78 is 15.7. The number of hydrogen-bond donors (Lipinski definition) is 0. The lowest BCUT2D eigenvalue weighted by Crippen LogP contribution is -2.11. The van der Waals surface area contributed by atoms with E-state index in [4.69, 9.17) is 14.0 Å². The third-order valence-corrected chi connectivity index (χ3v) is 2.71. The maximum absolute atomic E-state index is 5.28. The lowest BCUT2D eigenvalue weighted by molar-refractivity contribution is 0.321. The zero-order valence-electron chi connectivity index (χ0n) is 11.9. The third-order valence-electron chi connectivity index (χ3n) is 2.71. The Bertz CT molecular complexity index is 570. The second-order valence-electron chi connectivity index (χ2n) is 5.24. The summed E-state index contributed by atoms with van der Waals surface area (Å²) in [6.45, 7) is 6.08. The van der Waals surface area contributed by atoms with Gasteiger partial charge in [-0.05, 0) is 18.2 Å². The van der Waals surface area contributed by atoms with Crippen LogP contribution in [-0.4, -0.2) is 24.4 Å². The fourth-order valence-electron chi connectivity index (χ4n) is 1.62. The highest BCUT2D eigenvalue weighted by Crippen LogP contribution is 2.32. The molecule has 0 aliphatic rings. The SMILES string of the molecule is COc1ccc(-c2noc(C(C)(C)C)n2)cc1OC. The Hall–Kier alpha value is -2.04. The van der Waals surface area contributed by atoms with E-state index < -0.39 is 0 Å². The van der Waals surface area contributed by atoms with E-state index in [1.165, 1.54) is 0 Å². The Balaban J connectivity index is 2.39. The second kappa shape index (κ2) is 4.91. The first kappa shape index (κ1) is 13.4. The molecule has 0 radical (unpaired) electrons. The van der Waals surface area contributed by atoms with Crippen LogP contribution in [0.15, 0.2) is 22.7 Å². The van der Waals surface area contributed by atoms with E-state index in [2.05, 4.69) is 10.1 Å². The lowest BCUT2D eigenvalue weighted by Gasteiger charge is -2.10. The molecule has 0 amide bonds. The van der Waals surface area contributed by atoms with Gasteiger partial charge in [0, 0.05) is 11.0 Å². The van der Waals surface area contributed by atoms with Crippen molar-refractivity contribution in [1.82, 2.24) is 10.1 Å². The molecule has 0 aliphatic carbocycles. The van der Waals surface area contributed by atoms with E-state index in [1.807, 2.05) is 39.0 Å². The molecule has 2 rings (SSSR count). The summed E-state index contributed by atoms with van der Waals surface area (Å²) in [4.78, 5) is 4.41. The minimum atomic E-state index is -0.165. The molecule has 1 aromatic heterocycles. The van der Waals surface area contributed by atoms with Crippen LogP contribution in [-0.2, 0) is 5.41 Å². The van der Waals surface area contributed by atoms with Crippen molar-refractivity contribution in [3.8, 4) is 22.9 Å². The van der Waals surface area contributed by atoms with Gasteiger partial charge in [0.05, 0.1) is 14.2 Å². The van der Waals surface area contributed by atoms with Gasteiger partial charge in [-0.15, -0.1) is 0 Å². The molecule has 1 aromatic carbocycles. The molecular formula is C14H18N2O3. The average molecular weight is 262 g/mol. The van der Waals surface area contributed by atoms with E-state index in [-0.39, 0.29) is 5.41 Å². The minimum Gasteiger partial charge on any atom is -0.493 e. The molecule has 0 N–H and O–H groups in total. The van der Waals surface area contributed by atoms with Crippen LogP contribution < -0.4 is 9.47 Å². The average Bonchev–Trinajstić information content (AvgIpc) is 2.87. The second-order valence-corrected chi connectivity index (χ2v) is 5.24. The third kappa shape index (κ3) is 2.70. The molecule has 0 spiro atoms. The Labute approximate surface area is 112 Å². The van der Waals surface area contributed by atoms with Gasteiger partial charge >= 0.3 is 0 Å². The van der Waals surface area contributed by atoms with Crippen molar-refractivity contribution < 1.29 is 14.0 Å². The van der Waals surface area contributed by atoms with Gasteiger partial charge in [0.1, 0.15) is 0 Å².